The van der Waals surface area contributed by atoms with Crippen LogP contribution in [0, 0.1) is 0 Å². The molecule has 0 aromatic heterocycles. The van der Waals surface area contributed by atoms with E-state index in [2.05, 4.69) is 15.9 Å². The Hall–Kier alpha value is -0.390. The second-order valence-corrected chi connectivity index (χ2v) is 6.66. The van der Waals surface area contributed by atoms with Gasteiger partial charge in [-0.15, -0.1) is 0 Å². The zero-order chi connectivity index (χ0) is 11.6. The Bertz CT molecular complexity index is 467. The Morgan fingerprint density at radius 2 is 1.69 bits per heavy atom. The average Bonchev–Trinajstić information content (AvgIpc) is 2.30. The van der Waals surface area contributed by atoms with E-state index in [0.717, 1.165) is 19.3 Å². The van der Waals surface area contributed by atoms with E-state index in [1.165, 1.54) is 0 Å². The summed E-state index contributed by atoms with van der Waals surface area (Å²) in [6.45, 7) is 1.29. The van der Waals surface area contributed by atoms with Crippen molar-refractivity contribution in [2.75, 3.05) is 13.1 Å². The second-order valence-electron chi connectivity index (χ2n) is 3.90. The summed E-state index contributed by atoms with van der Waals surface area (Å²) in [6, 6.07) is 6.98. The molecule has 3 nitrogen and oxygen atoms in total. The molecule has 1 aromatic carbocycles. The van der Waals surface area contributed by atoms with E-state index in [1.54, 1.807) is 22.5 Å². The number of hydrogen-bond donors (Lipinski definition) is 0. The Kier molecular flexibility index (Phi) is 3.66. The molecule has 0 saturated carbocycles. The van der Waals surface area contributed by atoms with Gasteiger partial charge in [0, 0.05) is 17.6 Å². The first-order valence-electron chi connectivity index (χ1n) is 5.37. The van der Waals surface area contributed by atoms with Gasteiger partial charge in [0.1, 0.15) is 0 Å². The number of piperidine rings is 1. The molecule has 1 aromatic rings. The van der Waals surface area contributed by atoms with Crippen LogP contribution >= 0.6 is 15.9 Å². The van der Waals surface area contributed by atoms with Crippen molar-refractivity contribution in [2.45, 2.75) is 24.2 Å². The molecular weight excluding hydrogens is 290 g/mol. The summed E-state index contributed by atoms with van der Waals surface area (Å²) in [7, 11) is -3.31. The molecule has 0 aliphatic carbocycles. The molecule has 0 N–H and O–H groups in total. The second kappa shape index (κ2) is 4.85. The lowest BCUT2D eigenvalue weighted by Crippen LogP contribution is -2.35. The van der Waals surface area contributed by atoms with Gasteiger partial charge in [-0.25, -0.2) is 8.42 Å². The average molecular weight is 304 g/mol. The number of benzene rings is 1. The van der Waals surface area contributed by atoms with Gasteiger partial charge in [0.2, 0.25) is 10.0 Å². The lowest BCUT2D eigenvalue weighted by Gasteiger charge is -2.26. The van der Waals surface area contributed by atoms with Crippen LogP contribution in [-0.4, -0.2) is 25.8 Å². The smallest absolute Gasteiger partial charge is 0.207 e. The number of hydrogen-bond acceptors (Lipinski definition) is 2. The van der Waals surface area contributed by atoms with Crippen molar-refractivity contribution in [3.8, 4) is 0 Å². The molecule has 0 radical (unpaired) electrons. The Labute approximate surface area is 105 Å². The monoisotopic (exact) mass is 303 g/mol. The highest BCUT2D eigenvalue weighted by Crippen LogP contribution is 2.26. The lowest BCUT2D eigenvalue weighted by molar-refractivity contribution is 0.346. The van der Waals surface area contributed by atoms with Crippen molar-refractivity contribution < 1.29 is 8.42 Å². The van der Waals surface area contributed by atoms with Gasteiger partial charge in [-0.2, -0.15) is 4.31 Å². The first-order chi connectivity index (χ1) is 7.62. The fourth-order valence-electron chi connectivity index (χ4n) is 1.90. The van der Waals surface area contributed by atoms with E-state index >= 15 is 0 Å². The molecule has 0 bridgehead atoms. The Balaban J connectivity index is 2.35. The predicted octanol–water partition coefficient (Wildman–Crippen LogP) is 2.62. The van der Waals surface area contributed by atoms with Gasteiger partial charge in [-0.1, -0.05) is 18.6 Å². The van der Waals surface area contributed by atoms with Gasteiger partial charge in [0.15, 0.2) is 0 Å². The third-order valence-electron chi connectivity index (χ3n) is 2.77. The summed E-state index contributed by atoms with van der Waals surface area (Å²) in [5.74, 6) is 0. The molecule has 88 valence electrons. The van der Waals surface area contributed by atoms with Gasteiger partial charge < -0.3 is 0 Å². The van der Waals surface area contributed by atoms with Gasteiger partial charge in [-0.3, -0.25) is 0 Å². The van der Waals surface area contributed by atoms with Crippen molar-refractivity contribution >= 4 is 26.0 Å². The van der Waals surface area contributed by atoms with E-state index < -0.39 is 10.0 Å². The van der Waals surface area contributed by atoms with Crippen molar-refractivity contribution in [3.05, 3.63) is 28.7 Å². The minimum Gasteiger partial charge on any atom is -0.207 e. The third-order valence-corrected chi connectivity index (χ3v) is 5.68. The number of sulfonamides is 1. The highest BCUT2D eigenvalue weighted by atomic mass is 79.9. The van der Waals surface area contributed by atoms with Crippen LogP contribution in [-0.2, 0) is 10.0 Å². The molecule has 0 atom stereocenters. The first kappa shape index (κ1) is 12.1. The van der Waals surface area contributed by atoms with E-state index in [1.807, 2.05) is 6.07 Å². The van der Waals surface area contributed by atoms with Crippen LogP contribution in [0.25, 0.3) is 0 Å². The standard InChI is InChI=1S/C11H14BrNO2S/c12-10-6-2-3-7-11(10)16(14,15)13-8-4-1-5-9-13/h2-3,6-7H,1,4-5,8-9H2. The maximum atomic E-state index is 12.3. The molecule has 2 rings (SSSR count). The summed E-state index contributed by atoms with van der Waals surface area (Å²) in [5.41, 5.74) is 0. The summed E-state index contributed by atoms with van der Waals surface area (Å²) in [6.07, 6.45) is 3.05. The van der Waals surface area contributed by atoms with E-state index in [-0.39, 0.29) is 0 Å². The highest BCUT2D eigenvalue weighted by Gasteiger charge is 2.27. The summed E-state index contributed by atoms with van der Waals surface area (Å²) in [5, 5.41) is 0. The molecule has 1 aliphatic heterocycles. The Morgan fingerprint density at radius 1 is 1.06 bits per heavy atom. The minimum atomic E-state index is -3.31. The normalized spacial score (nSPS) is 18.6. The SMILES string of the molecule is O=S(=O)(c1ccccc1Br)N1CCCCC1. The molecule has 1 saturated heterocycles. The van der Waals surface area contributed by atoms with Gasteiger partial charge in [-0.05, 0) is 40.9 Å². The topological polar surface area (TPSA) is 37.4 Å². The molecule has 1 heterocycles. The van der Waals surface area contributed by atoms with Crippen LogP contribution in [0.5, 0.6) is 0 Å². The molecular formula is C11H14BrNO2S. The van der Waals surface area contributed by atoms with Crippen molar-refractivity contribution in [3.63, 3.8) is 0 Å². The van der Waals surface area contributed by atoms with Crippen LogP contribution in [0.15, 0.2) is 33.6 Å². The van der Waals surface area contributed by atoms with Crippen LogP contribution in [0.2, 0.25) is 0 Å². The first-order valence-corrected chi connectivity index (χ1v) is 7.60. The minimum absolute atomic E-state index is 0.372. The predicted molar refractivity (Wildman–Crippen MR) is 66.8 cm³/mol. The van der Waals surface area contributed by atoms with Crippen LogP contribution in [0.1, 0.15) is 19.3 Å². The highest BCUT2D eigenvalue weighted by molar-refractivity contribution is 9.10. The van der Waals surface area contributed by atoms with E-state index in [4.69, 9.17) is 0 Å². The van der Waals surface area contributed by atoms with E-state index in [0.29, 0.717) is 22.5 Å². The maximum Gasteiger partial charge on any atom is 0.244 e. The largest absolute Gasteiger partial charge is 0.244 e. The summed E-state index contributed by atoms with van der Waals surface area (Å²) >= 11 is 3.29. The molecule has 0 unspecified atom stereocenters. The summed E-state index contributed by atoms with van der Waals surface area (Å²) < 4.78 is 26.8. The molecule has 1 aliphatic rings. The lowest BCUT2D eigenvalue weighted by atomic mass is 10.2. The molecule has 16 heavy (non-hydrogen) atoms. The van der Waals surface area contributed by atoms with Crippen LogP contribution in [0.3, 0.4) is 0 Å². The van der Waals surface area contributed by atoms with Crippen LogP contribution < -0.4 is 0 Å². The molecule has 5 heteroatoms. The van der Waals surface area contributed by atoms with Crippen molar-refractivity contribution in [1.82, 2.24) is 4.31 Å². The van der Waals surface area contributed by atoms with Gasteiger partial charge >= 0.3 is 0 Å². The Morgan fingerprint density at radius 3 is 2.31 bits per heavy atom. The van der Waals surface area contributed by atoms with Crippen LogP contribution in [0.4, 0.5) is 0 Å². The van der Waals surface area contributed by atoms with Gasteiger partial charge in [0.05, 0.1) is 4.90 Å². The summed E-state index contributed by atoms with van der Waals surface area (Å²) in [4.78, 5) is 0.372. The van der Waals surface area contributed by atoms with E-state index in [9.17, 15) is 8.42 Å². The van der Waals surface area contributed by atoms with Crippen molar-refractivity contribution in [1.29, 1.82) is 0 Å². The number of nitrogens with zero attached hydrogens (tertiary/aromatic N) is 1. The molecule has 1 fully saturated rings. The zero-order valence-corrected chi connectivity index (χ0v) is 11.3. The van der Waals surface area contributed by atoms with Gasteiger partial charge in [0.25, 0.3) is 0 Å². The quantitative estimate of drug-likeness (QED) is 0.842. The molecule has 0 amide bonds. The fourth-order valence-corrected chi connectivity index (χ4v) is 4.38. The maximum absolute atomic E-state index is 12.3. The number of halogens is 1. The zero-order valence-electron chi connectivity index (χ0n) is 8.89. The molecule has 0 spiro atoms. The third kappa shape index (κ3) is 2.31. The van der Waals surface area contributed by atoms with Crippen molar-refractivity contribution in [2.24, 2.45) is 0 Å². The fraction of sp³-hybridized carbons (Fsp3) is 0.455. The number of rotatable bonds is 2.